The highest BCUT2D eigenvalue weighted by molar-refractivity contribution is 7.99. The average Bonchev–Trinajstić information content (AvgIpc) is 2.71. The van der Waals surface area contributed by atoms with Crippen LogP contribution in [0.3, 0.4) is 0 Å². The first-order chi connectivity index (χ1) is 13.8. The van der Waals surface area contributed by atoms with Gasteiger partial charge in [-0.15, -0.1) is 0 Å². The first-order valence-electron chi connectivity index (χ1n) is 9.65. The fourth-order valence-corrected chi connectivity index (χ4v) is 5.04. The summed E-state index contributed by atoms with van der Waals surface area (Å²) in [5, 5.41) is 5.97. The Kier molecular flexibility index (Phi) is 5.48. The van der Waals surface area contributed by atoms with Gasteiger partial charge in [-0.2, -0.15) is 13.2 Å². The molecule has 154 valence electrons. The molecule has 0 radical (unpaired) electrons. The van der Waals surface area contributed by atoms with Crippen molar-refractivity contribution in [2.45, 2.75) is 41.7 Å². The topological polar surface area (TPSA) is 67.2 Å². The minimum atomic E-state index is -4.50. The summed E-state index contributed by atoms with van der Waals surface area (Å²) >= 11 is 1.26. The smallest absolute Gasteiger partial charge is 0.352 e. The predicted octanol–water partition coefficient (Wildman–Crippen LogP) is 5.62. The number of hydrogen-bond donors (Lipinski definition) is 3. The van der Waals surface area contributed by atoms with Crippen LogP contribution in [-0.4, -0.2) is 12.5 Å². The van der Waals surface area contributed by atoms with Crippen molar-refractivity contribution < 1.29 is 18.0 Å². The second kappa shape index (κ2) is 7.91. The van der Waals surface area contributed by atoms with Crippen LogP contribution < -0.4 is 16.4 Å². The summed E-state index contributed by atoms with van der Waals surface area (Å²) in [5.74, 6) is -0.183. The third-order valence-electron chi connectivity index (χ3n) is 5.54. The van der Waals surface area contributed by atoms with Crippen LogP contribution in [0.1, 0.15) is 31.2 Å². The summed E-state index contributed by atoms with van der Waals surface area (Å²) in [6.45, 7) is 0.526. The Bertz CT molecular complexity index is 932. The Hall–Kier alpha value is -2.19. The van der Waals surface area contributed by atoms with Crippen LogP contribution in [0.5, 0.6) is 0 Å². The molecule has 1 aliphatic carbocycles. The number of alkyl halides is 3. The number of para-hydroxylation sites is 1. The monoisotopic (exact) mass is 421 g/mol. The third-order valence-corrected chi connectivity index (χ3v) is 6.66. The minimum Gasteiger partial charge on any atom is -0.352 e. The molecule has 2 unspecified atom stereocenters. The lowest BCUT2D eigenvalue weighted by molar-refractivity contribution is -0.137. The van der Waals surface area contributed by atoms with Crippen molar-refractivity contribution in [2.24, 2.45) is 17.6 Å². The van der Waals surface area contributed by atoms with E-state index in [1.165, 1.54) is 11.8 Å². The molecule has 4 nitrogen and oxygen atoms in total. The number of rotatable bonds is 3. The number of amides is 1. The van der Waals surface area contributed by atoms with Crippen molar-refractivity contribution in [3.8, 4) is 0 Å². The minimum absolute atomic E-state index is 0.164. The molecular formula is C21H22F3N3OS. The van der Waals surface area contributed by atoms with Gasteiger partial charge in [0.15, 0.2) is 0 Å². The molecule has 2 aromatic rings. The van der Waals surface area contributed by atoms with Gasteiger partial charge in [-0.1, -0.05) is 30.3 Å². The molecule has 1 saturated carbocycles. The Labute approximate surface area is 171 Å². The zero-order valence-corrected chi connectivity index (χ0v) is 16.5. The average molecular weight is 421 g/mol. The van der Waals surface area contributed by atoms with E-state index in [2.05, 4.69) is 10.6 Å². The molecule has 29 heavy (non-hydrogen) atoms. The summed E-state index contributed by atoms with van der Waals surface area (Å²) in [7, 11) is 0. The van der Waals surface area contributed by atoms with Gasteiger partial charge in [-0.25, -0.2) is 0 Å². The van der Waals surface area contributed by atoms with Gasteiger partial charge in [0, 0.05) is 15.7 Å². The van der Waals surface area contributed by atoms with Crippen LogP contribution in [0.25, 0.3) is 0 Å². The Morgan fingerprint density at radius 3 is 2.76 bits per heavy atom. The van der Waals surface area contributed by atoms with Gasteiger partial charge >= 0.3 is 6.18 Å². The maximum Gasteiger partial charge on any atom is 0.416 e. The first kappa shape index (κ1) is 20.1. The van der Waals surface area contributed by atoms with E-state index in [0.717, 1.165) is 42.0 Å². The van der Waals surface area contributed by atoms with Crippen LogP contribution in [0.2, 0.25) is 0 Å². The number of carbonyl (C=O) groups is 1. The molecule has 4 N–H and O–H groups in total. The lowest BCUT2D eigenvalue weighted by Gasteiger charge is -2.29. The summed E-state index contributed by atoms with van der Waals surface area (Å²) in [4.78, 5) is 14.1. The van der Waals surface area contributed by atoms with E-state index < -0.39 is 11.7 Å². The van der Waals surface area contributed by atoms with Gasteiger partial charge in [-0.3, -0.25) is 4.79 Å². The SMILES string of the molecule is NCC1CCCC(C(=O)Nc2cc(C(F)(F)F)cc3c2Nc2ccccc2S3)C1. The van der Waals surface area contributed by atoms with E-state index in [0.29, 0.717) is 23.5 Å². The molecule has 0 bridgehead atoms. The van der Waals surface area contributed by atoms with Gasteiger partial charge in [0.1, 0.15) is 0 Å². The fraction of sp³-hybridized carbons (Fsp3) is 0.381. The van der Waals surface area contributed by atoms with Crippen molar-refractivity contribution in [1.29, 1.82) is 0 Å². The molecule has 8 heteroatoms. The van der Waals surface area contributed by atoms with Gasteiger partial charge in [0.05, 0.1) is 22.6 Å². The summed E-state index contributed by atoms with van der Waals surface area (Å²) in [5.41, 5.74) is 6.45. The molecule has 1 fully saturated rings. The van der Waals surface area contributed by atoms with Crippen molar-refractivity contribution in [2.75, 3.05) is 17.2 Å². The van der Waals surface area contributed by atoms with Crippen molar-refractivity contribution >= 4 is 34.7 Å². The lowest BCUT2D eigenvalue weighted by Crippen LogP contribution is -2.31. The second-order valence-electron chi connectivity index (χ2n) is 7.57. The predicted molar refractivity (Wildman–Crippen MR) is 108 cm³/mol. The maximum atomic E-state index is 13.5. The Balaban J connectivity index is 1.66. The number of benzene rings is 2. The molecule has 0 spiro atoms. The standard InChI is InChI=1S/C21H22F3N3OS/c22-21(23,24)14-9-16(27-20(28)13-5-3-4-12(8-13)11-25)19-18(10-14)29-17-7-2-1-6-15(17)26-19/h1-2,6-7,9-10,12-13,26H,3-5,8,11,25H2,(H,27,28). The number of carbonyl (C=O) groups excluding carboxylic acids is 1. The van der Waals surface area contributed by atoms with Crippen molar-refractivity contribution in [1.82, 2.24) is 0 Å². The maximum absolute atomic E-state index is 13.5. The zero-order valence-electron chi connectivity index (χ0n) is 15.7. The zero-order chi connectivity index (χ0) is 20.6. The van der Waals surface area contributed by atoms with Crippen LogP contribution in [0.15, 0.2) is 46.2 Å². The van der Waals surface area contributed by atoms with E-state index in [-0.39, 0.29) is 23.4 Å². The molecule has 1 aliphatic heterocycles. The van der Waals surface area contributed by atoms with Crippen molar-refractivity contribution in [3.05, 3.63) is 42.0 Å². The van der Waals surface area contributed by atoms with Gasteiger partial charge in [-0.05, 0) is 56.0 Å². The van der Waals surface area contributed by atoms with Crippen LogP contribution in [0, 0.1) is 11.8 Å². The van der Waals surface area contributed by atoms with Gasteiger partial charge < -0.3 is 16.4 Å². The van der Waals surface area contributed by atoms with Crippen LogP contribution in [-0.2, 0) is 11.0 Å². The van der Waals surface area contributed by atoms with E-state index in [1.54, 1.807) is 0 Å². The molecule has 2 aliphatic rings. The highest BCUT2D eigenvalue weighted by atomic mass is 32.2. The molecule has 2 atom stereocenters. The number of halogens is 3. The number of hydrogen-bond acceptors (Lipinski definition) is 4. The molecule has 1 heterocycles. The van der Waals surface area contributed by atoms with E-state index in [1.807, 2.05) is 24.3 Å². The fourth-order valence-electron chi connectivity index (χ4n) is 3.98. The lowest BCUT2D eigenvalue weighted by atomic mass is 9.81. The van der Waals surface area contributed by atoms with Gasteiger partial charge in [0.25, 0.3) is 0 Å². The number of fused-ring (bicyclic) bond motifs is 2. The molecule has 2 aromatic carbocycles. The summed E-state index contributed by atoms with van der Waals surface area (Å²) in [6.07, 6.45) is -1.19. The molecule has 1 amide bonds. The molecule has 0 saturated heterocycles. The summed E-state index contributed by atoms with van der Waals surface area (Å²) in [6, 6.07) is 9.55. The number of nitrogens with one attached hydrogen (secondary N) is 2. The van der Waals surface area contributed by atoms with Gasteiger partial charge in [0.2, 0.25) is 5.91 Å². The van der Waals surface area contributed by atoms with E-state index >= 15 is 0 Å². The van der Waals surface area contributed by atoms with Crippen LogP contribution >= 0.6 is 11.8 Å². The molecular weight excluding hydrogens is 399 g/mol. The number of nitrogens with two attached hydrogens (primary N) is 1. The number of anilines is 3. The van der Waals surface area contributed by atoms with E-state index in [9.17, 15) is 18.0 Å². The van der Waals surface area contributed by atoms with E-state index in [4.69, 9.17) is 5.73 Å². The van der Waals surface area contributed by atoms with Crippen LogP contribution in [0.4, 0.5) is 30.2 Å². The first-order valence-corrected chi connectivity index (χ1v) is 10.5. The molecule has 0 aromatic heterocycles. The Morgan fingerprint density at radius 2 is 2.00 bits per heavy atom. The summed E-state index contributed by atoms with van der Waals surface area (Å²) < 4.78 is 40.4. The second-order valence-corrected chi connectivity index (χ2v) is 8.66. The Morgan fingerprint density at radius 1 is 1.21 bits per heavy atom. The largest absolute Gasteiger partial charge is 0.416 e. The highest BCUT2D eigenvalue weighted by Gasteiger charge is 2.34. The highest BCUT2D eigenvalue weighted by Crippen LogP contribution is 2.49. The third kappa shape index (κ3) is 4.23. The molecule has 4 rings (SSSR count). The quantitative estimate of drug-likeness (QED) is 0.514. The normalized spacial score (nSPS) is 21.0. The van der Waals surface area contributed by atoms with Crippen molar-refractivity contribution in [3.63, 3.8) is 0 Å².